The normalized spacial score (nSPS) is 12.9. The van der Waals surface area contributed by atoms with E-state index in [0.29, 0.717) is 24.6 Å². The molecule has 0 bridgehead atoms. The third-order valence-electron chi connectivity index (χ3n) is 5.10. The Hall–Kier alpha value is -3.18. The zero-order chi connectivity index (χ0) is 23.4. The number of rotatable bonds is 10. The van der Waals surface area contributed by atoms with Crippen LogP contribution in [0.2, 0.25) is 25.7 Å². The average molecular weight is 470 g/mol. The third kappa shape index (κ3) is 5.99. The van der Waals surface area contributed by atoms with Gasteiger partial charge in [-0.1, -0.05) is 19.6 Å². The molecule has 1 atom stereocenters. The summed E-state index contributed by atoms with van der Waals surface area (Å²) in [4.78, 5) is 9.07. The van der Waals surface area contributed by atoms with Gasteiger partial charge in [-0.2, -0.15) is 0 Å². The Morgan fingerprint density at radius 1 is 1.12 bits per heavy atom. The maximum atomic E-state index is 14.4. The van der Waals surface area contributed by atoms with Gasteiger partial charge in [-0.25, -0.2) is 19.0 Å². The number of tetrazole rings is 1. The molecule has 0 N–H and O–H groups in total. The standard InChI is InChI=1S/C22H28FN7O2Si/c1-16(12-30-14-25-27-28-30)32-21-11-17(5-6-18(21)23)19-7-8-20-22(26-19)24-13-29(20)15-31-9-10-33(2,3)4/h5-8,11,13-14,16H,9-10,12,15H2,1-4H3/t16-/m0/s1. The van der Waals surface area contributed by atoms with Crippen LogP contribution in [0.1, 0.15) is 6.92 Å². The van der Waals surface area contributed by atoms with Gasteiger partial charge in [0, 0.05) is 20.2 Å². The summed E-state index contributed by atoms with van der Waals surface area (Å²) < 4.78 is 29.5. The summed E-state index contributed by atoms with van der Waals surface area (Å²) in [5.41, 5.74) is 2.93. The number of hydrogen-bond donors (Lipinski definition) is 0. The number of halogens is 1. The highest BCUT2D eigenvalue weighted by molar-refractivity contribution is 6.76. The summed E-state index contributed by atoms with van der Waals surface area (Å²) in [5.74, 6) is -0.292. The van der Waals surface area contributed by atoms with Crippen molar-refractivity contribution in [3.63, 3.8) is 0 Å². The van der Waals surface area contributed by atoms with Gasteiger partial charge in [-0.3, -0.25) is 0 Å². The van der Waals surface area contributed by atoms with Gasteiger partial charge >= 0.3 is 0 Å². The van der Waals surface area contributed by atoms with Crippen LogP contribution in [-0.4, -0.2) is 55.5 Å². The van der Waals surface area contributed by atoms with Crippen molar-refractivity contribution in [1.82, 2.24) is 34.7 Å². The quantitative estimate of drug-likeness (QED) is 0.256. The van der Waals surface area contributed by atoms with E-state index in [1.54, 1.807) is 18.5 Å². The van der Waals surface area contributed by atoms with Crippen LogP contribution in [0.25, 0.3) is 22.4 Å². The lowest BCUT2D eigenvalue weighted by Gasteiger charge is -2.16. The van der Waals surface area contributed by atoms with Gasteiger partial charge in [0.1, 0.15) is 19.2 Å². The van der Waals surface area contributed by atoms with Gasteiger partial charge < -0.3 is 14.0 Å². The highest BCUT2D eigenvalue weighted by atomic mass is 28.3. The van der Waals surface area contributed by atoms with Gasteiger partial charge in [-0.15, -0.1) is 5.10 Å². The van der Waals surface area contributed by atoms with Crippen molar-refractivity contribution in [3.8, 4) is 17.0 Å². The largest absolute Gasteiger partial charge is 0.486 e. The first kappa shape index (κ1) is 23.0. The summed E-state index contributed by atoms with van der Waals surface area (Å²) in [6.45, 7) is 10.4. The van der Waals surface area contributed by atoms with E-state index >= 15 is 0 Å². The minimum absolute atomic E-state index is 0.149. The summed E-state index contributed by atoms with van der Waals surface area (Å²) in [6.07, 6.45) is 2.89. The zero-order valence-corrected chi connectivity index (χ0v) is 20.3. The first-order chi connectivity index (χ1) is 15.8. The highest BCUT2D eigenvalue weighted by Gasteiger charge is 2.14. The fraction of sp³-hybridized carbons (Fsp3) is 0.409. The molecule has 1 aromatic carbocycles. The third-order valence-corrected chi connectivity index (χ3v) is 6.80. The second-order valence-corrected chi connectivity index (χ2v) is 14.8. The molecule has 0 fully saturated rings. The summed E-state index contributed by atoms with van der Waals surface area (Å²) in [7, 11) is -1.12. The summed E-state index contributed by atoms with van der Waals surface area (Å²) in [6, 6.07) is 9.67. The van der Waals surface area contributed by atoms with Crippen molar-refractivity contribution in [2.24, 2.45) is 0 Å². The van der Waals surface area contributed by atoms with Crippen molar-refractivity contribution < 1.29 is 13.9 Å². The molecule has 174 valence electrons. The number of aromatic nitrogens is 7. The molecule has 4 rings (SSSR count). The molecule has 11 heteroatoms. The van der Waals surface area contributed by atoms with Gasteiger partial charge in [0.05, 0.1) is 24.1 Å². The maximum Gasteiger partial charge on any atom is 0.178 e. The van der Waals surface area contributed by atoms with E-state index < -0.39 is 13.9 Å². The first-order valence-electron chi connectivity index (χ1n) is 10.9. The Labute approximate surface area is 192 Å². The van der Waals surface area contributed by atoms with Crippen molar-refractivity contribution in [1.29, 1.82) is 0 Å². The molecule has 0 saturated carbocycles. The monoisotopic (exact) mass is 469 g/mol. The second-order valence-electron chi connectivity index (χ2n) is 9.21. The lowest BCUT2D eigenvalue weighted by atomic mass is 10.1. The van der Waals surface area contributed by atoms with Crippen LogP contribution in [0.15, 0.2) is 43.0 Å². The van der Waals surface area contributed by atoms with Crippen LogP contribution in [0.3, 0.4) is 0 Å². The van der Waals surface area contributed by atoms with Gasteiger partial charge in [-0.05, 0) is 53.7 Å². The minimum Gasteiger partial charge on any atom is -0.486 e. The van der Waals surface area contributed by atoms with E-state index in [-0.39, 0.29) is 11.9 Å². The van der Waals surface area contributed by atoms with Crippen molar-refractivity contribution in [2.45, 2.75) is 52.0 Å². The first-order valence-corrected chi connectivity index (χ1v) is 14.6. The van der Waals surface area contributed by atoms with Crippen molar-refractivity contribution in [3.05, 3.63) is 48.8 Å². The number of pyridine rings is 1. The molecule has 0 unspecified atom stereocenters. The topological polar surface area (TPSA) is 92.8 Å². The van der Waals surface area contributed by atoms with E-state index in [4.69, 9.17) is 9.47 Å². The Balaban J connectivity index is 1.46. The number of ether oxygens (including phenoxy) is 2. The lowest BCUT2D eigenvalue weighted by molar-refractivity contribution is 0.0898. The number of fused-ring (bicyclic) bond motifs is 1. The molecule has 0 radical (unpaired) electrons. The minimum atomic E-state index is -1.12. The molecule has 0 spiro atoms. The van der Waals surface area contributed by atoms with Crippen LogP contribution in [0.4, 0.5) is 4.39 Å². The van der Waals surface area contributed by atoms with Crippen LogP contribution >= 0.6 is 0 Å². The van der Waals surface area contributed by atoms with Crippen molar-refractivity contribution in [2.75, 3.05) is 6.61 Å². The van der Waals surface area contributed by atoms with Gasteiger partial charge in [0.2, 0.25) is 0 Å². The smallest absolute Gasteiger partial charge is 0.178 e. The molecule has 9 nitrogen and oxygen atoms in total. The molecule has 0 saturated heterocycles. The molecule has 0 aliphatic carbocycles. The average Bonchev–Trinajstić information content (AvgIpc) is 3.41. The number of benzene rings is 1. The lowest BCUT2D eigenvalue weighted by Crippen LogP contribution is -2.21. The predicted molar refractivity (Wildman–Crippen MR) is 125 cm³/mol. The molecule has 0 aliphatic heterocycles. The molecule has 0 amide bonds. The molecule has 0 aliphatic rings. The van der Waals surface area contributed by atoms with Crippen LogP contribution in [-0.2, 0) is 18.0 Å². The SMILES string of the molecule is C[C@@H](Cn1cnnn1)Oc1cc(-c2ccc3c(ncn3COCC[Si](C)(C)C)n2)ccc1F. The molecular weight excluding hydrogens is 441 g/mol. The molecule has 3 heterocycles. The summed E-state index contributed by atoms with van der Waals surface area (Å²) in [5, 5.41) is 11.0. The Morgan fingerprint density at radius 3 is 2.73 bits per heavy atom. The molecule has 33 heavy (non-hydrogen) atoms. The molecule has 3 aromatic heterocycles. The number of hydrogen-bond acceptors (Lipinski definition) is 7. The van der Waals surface area contributed by atoms with E-state index in [0.717, 1.165) is 23.7 Å². The second kappa shape index (κ2) is 9.75. The zero-order valence-electron chi connectivity index (χ0n) is 19.3. The Morgan fingerprint density at radius 2 is 1.97 bits per heavy atom. The summed E-state index contributed by atoms with van der Waals surface area (Å²) >= 11 is 0. The van der Waals surface area contributed by atoms with E-state index in [1.807, 2.05) is 23.6 Å². The molecule has 4 aromatic rings. The van der Waals surface area contributed by atoms with E-state index in [1.165, 1.54) is 17.1 Å². The van der Waals surface area contributed by atoms with Crippen molar-refractivity contribution >= 4 is 19.2 Å². The predicted octanol–water partition coefficient (Wildman–Crippen LogP) is 4.00. The molecular formula is C22H28FN7O2Si. The van der Waals surface area contributed by atoms with Crippen LogP contribution in [0.5, 0.6) is 5.75 Å². The fourth-order valence-corrected chi connectivity index (χ4v) is 4.04. The number of imidazole rings is 1. The highest BCUT2D eigenvalue weighted by Crippen LogP contribution is 2.27. The number of nitrogens with zero attached hydrogens (tertiary/aromatic N) is 7. The fourth-order valence-electron chi connectivity index (χ4n) is 3.29. The Kier molecular flexibility index (Phi) is 6.79. The van der Waals surface area contributed by atoms with Gasteiger partial charge in [0.25, 0.3) is 0 Å². The van der Waals surface area contributed by atoms with Gasteiger partial charge in [0.15, 0.2) is 17.2 Å². The van der Waals surface area contributed by atoms with E-state index in [9.17, 15) is 4.39 Å². The Bertz CT molecular complexity index is 1210. The van der Waals surface area contributed by atoms with E-state index in [2.05, 4.69) is 45.1 Å². The maximum absolute atomic E-state index is 14.4. The van der Waals surface area contributed by atoms with Crippen LogP contribution in [0, 0.1) is 5.82 Å². The van der Waals surface area contributed by atoms with Crippen LogP contribution < -0.4 is 4.74 Å².